The smallest absolute Gasteiger partial charge is 0.239 e. The molecule has 0 unspecified atom stereocenters. The zero-order valence-electron chi connectivity index (χ0n) is 11.5. The molecule has 4 nitrogen and oxygen atoms in total. The van der Waals surface area contributed by atoms with Crippen LogP contribution in [-0.4, -0.2) is 22.3 Å². The number of nitrogens with two attached hydrogens (primary N) is 1. The van der Waals surface area contributed by atoms with E-state index in [1.807, 2.05) is 24.3 Å². The van der Waals surface area contributed by atoms with Gasteiger partial charge in [-0.25, -0.2) is 4.98 Å². The highest BCUT2D eigenvalue weighted by Gasteiger charge is 2.31. The largest absolute Gasteiger partial charge is 0.368 e. The maximum Gasteiger partial charge on any atom is 0.239 e. The number of amides is 1. The molecule has 1 atom stereocenters. The second kappa shape index (κ2) is 5.84. The standard InChI is InChI=1S/C16H16ClN3O/c17-14-6-5-11(9-19-14)10-20-8-7-12-3-1-2-4-13(12)15(20)16(18)21/h1-6,9,15H,7-8,10H2,(H2,18,21)/t15-/m1/s1. The molecular formula is C16H16ClN3O. The van der Waals surface area contributed by atoms with E-state index >= 15 is 0 Å². The van der Waals surface area contributed by atoms with E-state index in [-0.39, 0.29) is 11.9 Å². The highest BCUT2D eigenvalue weighted by molar-refractivity contribution is 6.29. The van der Waals surface area contributed by atoms with Crippen molar-refractivity contribution >= 4 is 17.5 Å². The van der Waals surface area contributed by atoms with Crippen LogP contribution in [-0.2, 0) is 17.8 Å². The monoisotopic (exact) mass is 301 g/mol. The first-order valence-corrected chi connectivity index (χ1v) is 7.24. The summed E-state index contributed by atoms with van der Waals surface area (Å²) in [6, 6.07) is 11.3. The van der Waals surface area contributed by atoms with Crippen molar-refractivity contribution in [3.05, 3.63) is 64.4 Å². The van der Waals surface area contributed by atoms with Crippen LogP contribution in [0.3, 0.4) is 0 Å². The van der Waals surface area contributed by atoms with Crippen LogP contribution in [0.25, 0.3) is 0 Å². The number of pyridine rings is 1. The van der Waals surface area contributed by atoms with Gasteiger partial charge in [0, 0.05) is 19.3 Å². The quantitative estimate of drug-likeness (QED) is 0.885. The molecule has 0 saturated carbocycles. The van der Waals surface area contributed by atoms with E-state index < -0.39 is 0 Å². The molecular weight excluding hydrogens is 286 g/mol. The molecule has 1 aromatic heterocycles. The van der Waals surface area contributed by atoms with Crippen molar-refractivity contribution in [2.24, 2.45) is 5.73 Å². The number of halogens is 1. The minimum atomic E-state index is -0.384. The molecule has 2 aromatic rings. The molecule has 0 radical (unpaired) electrons. The molecule has 1 amide bonds. The summed E-state index contributed by atoms with van der Waals surface area (Å²) >= 11 is 5.80. The summed E-state index contributed by atoms with van der Waals surface area (Å²) in [5.41, 5.74) is 8.86. The first kappa shape index (κ1) is 14.0. The van der Waals surface area contributed by atoms with Gasteiger partial charge in [-0.1, -0.05) is 41.9 Å². The number of primary amides is 1. The van der Waals surface area contributed by atoms with Crippen LogP contribution in [0, 0.1) is 0 Å². The predicted molar refractivity (Wildman–Crippen MR) is 81.7 cm³/mol. The summed E-state index contributed by atoms with van der Waals surface area (Å²) in [4.78, 5) is 18.1. The number of aromatic nitrogens is 1. The van der Waals surface area contributed by atoms with Crippen molar-refractivity contribution < 1.29 is 4.79 Å². The Kier molecular flexibility index (Phi) is 3.90. The number of nitrogens with zero attached hydrogens (tertiary/aromatic N) is 2. The maximum absolute atomic E-state index is 11.9. The van der Waals surface area contributed by atoms with Crippen LogP contribution < -0.4 is 5.73 Å². The van der Waals surface area contributed by atoms with Gasteiger partial charge in [0.15, 0.2) is 0 Å². The van der Waals surface area contributed by atoms with Crippen molar-refractivity contribution in [1.82, 2.24) is 9.88 Å². The third-order valence-corrected chi connectivity index (χ3v) is 4.05. The van der Waals surface area contributed by atoms with Crippen LogP contribution in [0.2, 0.25) is 5.15 Å². The minimum absolute atomic E-state index is 0.316. The summed E-state index contributed by atoms with van der Waals surface area (Å²) in [6.07, 6.45) is 2.65. The average molecular weight is 302 g/mol. The number of carbonyl (C=O) groups is 1. The summed E-state index contributed by atoms with van der Waals surface area (Å²) < 4.78 is 0. The molecule has 1 aromatic carbocycles. The van der Waals surface area contributed by atoms with E-state index in [1.165, 1.54) is 5.56 Å². The van der Waals surface area contributed by atoms with Gasteiger partial charge in [0.05, 0.1) is 0 Å². The fourth-order valence-corrected chi connectivity index (χ4v) is 2.97. The van der Waals surface area contributed by atoms with Crippen LogP contribution in [0.4, 0.5) is 0 Å². The molecule has 0 spiro atoms. The van der Waals surface area contributed by atoms with Gasteiger partial charge in [-0.3, -0.25) is 9.69 Å². The Hall–Kier alpha value is -1.91. The van der Waals surface area contributed by atoms with E-state index in [4.69, 9.17) is 17.3 Å². The molecule has 0 saturated heterocycles. The van der Waals surface area contributed by atoms with Crippen molar-refractivity contribution in [3.8, 4) is 0 Å². The Morgan fingerprint density at radius 2 is 2.14 bits per heavy atom. The predicted octanol–water partition coefficient (Wildman–Crippen LogP) is 2.32. The molecule has 0 aliphatic carbocycles. The second-order valence-electron chi connectivity index (χ2n) is 5.21. The third-order valence-electron chi connectivity index (χ3n) is 3.83. The van der Waals surface area contributed by atoms with E-state index in [1.54, 1.807) is 12.3 Å². The Morgan fingerprint density at radius 1 is 1.33 bits per heavy atom. The van der Waals surface area contributed by atoms with E-state index in [0.717, 1.165) is 24.1 Å². The minimum Gasteiger partial charge on any atom is -0.368 e. The molecule has 2 heterocycles. The fraction of sp³-hybridized carbons (Fsp3) is 0.250. The molecule has 5 heteroatoms. The Morgan fingerprint density at radius 3 is 2.86 bits per heavy atom. The van der Waals surface area contributed by atoms with Gasteiger partial charge in [-0.05, 0) is 29.2 Å². The molecule has 108 valence electrons. The van der Waals surface area contributed by atoms with Gasteiger partial charge in [0.1, 0.15) is 11.2 Å². The molecule has 0 fully saturated rings. The van der Waals surface area contributed by atoms with Crippen molar-refractivity contribution in [1.29, 1.82) is 0 Å². The third kappa shape index (κ3) is 2.91. The number of fused-ring (bicyclic) bond motifs is 1. The highest BCUT2D eigenvalue weighted by atomic mass is 35.5. The van der Waals surface area contributed by atoms with Gasteiger partial charge in [0.25, 0.3) is 0 Å². The Labute approximate surface area is 128 Å². The first-order valence-electron chi connectivity index (χ1n) is 6.87. The second-order valence-corrected chi connectivity index (χ2v) is 5.60. The SMILES string of the molecule is NC(=O)[C@H]1c2ccccc2CCN1Cc1ccc(Cl)nc1. The van der Waals surface area contributed by atoms with Crippen molar-refractivity contribution in [2.75, 3.05) is 6.54 Å². The van der Waals surface area contributed by atoms with Gasteiger partial charge < -0.3 is 5.73 Å². The van der Waals surface area contributed by atoms with Crippen LogP contribution in [0.5, 0.6) is 0 Å². The van der Waals surface area contributed by atoms with E-state index in [2.05, 4.69) is 16.0 Å². The van der Waals surface area contributed by atoms with Crippen LogP contribution >= 0.6 is 11.6 Å². The number of hydrogen-bond donors (Lipinski definition) is 1. The lowest BCUT2D eigenvalue weighted by Crippen LogP contribution is -2.42. The van der Waals surface area contributed by atoms with Gasteiger partial charge in [0.2, 0.25) is 5.91 Å². The number of hydrogen-bond acceptors (Lipinski definition) is 3. The molecule has 21 heavy (non-hydrogen) atoms. The number of benzene rings is 1. The Balaban J connectivity index is 1.88. The normalized spacial score (nSPS) is 18.2. The van der Waals surface area contributed by atoms with Crippen molar-refractivity contribution in [2.45, 2.75) is 19.0 Å². The molecule has 1 aliphatic heterocycles. The van der Waals surface area contributed by atoms with Crippen LogP contribution in [0.15, 0.2) is 42.6 Å². The number of rotatable bonds is 3. The lowest BCUT2D eigenvalue weighted by molar-refractivity contribution is -0.124. The summed E-state index contributed by atoms with van der Waals surface area (Å²) in [5.74, 6) is -0.316. The topological polar surface area (TPSA) is 59.2 Å². The van der Waals surface area contributed by atoms with Gasteiger partial charge in [-0.15, -0.1) is 0 Å². The highest BCUT2D eigenvalue weighted by Crippen LogP contribution is 2.30. The van der Waals surface area contributed by atoms with Crippen molar-refractivity contribution in [3.63, 3.8) is 0 Å². The lowest BCUT2D eigenvalue weighted by atomic mass is 9.92. The van der Waals surface area contributed by atoms with Crippen LogP contribution in [0.1, 0.15) is 22.7 Å². The number of carbonyl (C=O) groups excluding carboxylic acids is 1. The lowest BCUT2D eigenvalue weighted by Gasteiger charge is -2.35. The van der Waals surface area contributed by atoms with Gasteiger partial charge >= 0.3 is 0 Å². The van der Waals surface area contributed by atoms with E-state index in [0.29, 0.717) is 11.7 Å². The summed E-state index contributed by atoms with van der Waals surface area (Å²) in [5, 5.41) is 0.467. The average Bonchev–Trinajstić information content (AvgIpc) is 2.49. The fourth-order valence-electron chi connectivity index (χ4n) is 2.86. The Bertz CT molecular complexity index is 657. The molecule has 2 N–H and O–H groups in total. The summed E-state index contributed by atoms with van der Waals surface area (Å²) in [6.45, 7) is 1.43. The maximum atomic E-state index is 11.9. The molecule has 0 bridgehead atoms. The first-order chi connectivity index (χ1) is 10.1. The molecule has 1 aliphatic rings. The summed E-state index contributed by atoms with van der Waals surface area (Å²) in [7, 11) is 0. The zero-order chi connectivity index (χ0) is 14.8. The molecule has 3 rings (SSSR count). The van der Waals surface area contributed by atoms with Gasteiger partial charge in [-0.2, -0.15) is 0 Å². The van der Waals surface area contributed by atoms with E-state index in [9.17, 15) is 4.79 Å². The zero-order valence-corrected chi connectivity index (χ0v) is 12.3.